The number of aromatic nitrogens is 2. The van der Waals surface area contributed by atoms with Gasteiger partial charge >= 0.3 is 0 Å². The van der Waals surface area contributed by atoms with E-state index in [1.807, 2.05) is 0 Å². The van der Waals surface area contributed by atoms with Crippen LogP contribution in [0.1, 0.15) is 55.4 Å². The van der Waals surface area contributed by atoms with Gasteiger partial charge in [-0.05, 0) is 10.8 Å². The number of rotatable bonds is 0. The van der Waals surface area contributed by atoms with Crippen LogP contribution in [0.5, 0.6) is 0 Å². The van der Waals surface area contributed by atoms with E-state index < -0.39 is 0 Å². The molecule has 0 aromatic carbocycles. The Morgan fingerprint density at radius 1 is 0.500 bits per heavy atom. The van der Waals surface area contributed by atoms with E-state index in [1.54, 1.807) is 24.8 Å². The molecule has 0 aliphatic carbocycles. The van der Waals surface area contributed by atoms with Crippen LogP contribution in [0.25, 0.3) is 0 Å². The molecule has 16 heavy (non-hydrogen) atoms. The molecule has 0 aliphatic rings. The van der Waals surface area contributed by atoms with Gasteiger partial charge in [-0.25, -0.2) is 0 Å². The number of hydrogen-bond donors (Lipinski definition) is 0. The molecule has 0 atom stereocenters. The van der Waals surface area contributed by atoms with Crippen molar-refractivity contribution in [1.82, 2.24) is 9.97 Å². The second-order valence-corrected chi connectivity index (χ2v) is 6.89. The summed E-state index contributed by atoms with van der Waals surface area (Å²) in [4.78, 5) is 7.44. The second kappa shape index (κ2) is 8.26. The fourth-order valence-corrected chi connectivity index (χ4v) is 0.253. The van der Waals surface area contributed by atoms with E-state index >= 15 is 0 Å². The van der Waals surface area contributed by atoms with E-state index in [0.29, 0.717) is 10.8 Å². The zero-order chi connectivity index (χ0) is 13.2. The third-order valence-corrected chi connectivity index (χ3v) is 0.478. The maximum atomic E-state index is 3.72. The molecule has 0 fully saturated rings. The lowest BCUT2D eigenvalue weighted by atomic mass is 10.0. The van der Waals surface area contributed by atoms with Crippen LogP contribution in [0.3, 0.4) is 0 Å². The lowest BCUT2D eigenvalue weighted by molar-refractivity contribution is 0.469. The summed E-state index contributed by atoms with van der Waals surface area (Å²) in [6.45, 7) is 17.5. The predicted molar refractivity (Wildman–Crippen MR) is 72.3 cm³/mol. The van der Waals surface area contributed by atoms with Crippen LogP contribution in [-0.4, -0.2) is 9.97 Å². The lowest BCUT2D eigenvalue weighted by Crippen LogP contribution is -1.93. The van der Waals surface area contributed by atoms with Gasteiger partial charge in [0.2, 0.25) is 0 Å². The van der Waals surface area contributed by atoms with Crippen LogP contribution >= 0.6 is 0 Å². The molecule has 0 saturated heterocycles. The lowest BCUT2D eigenvalue weighted by Gasteiger charge is -2.05. The van der Waals surface area contributed by atoms with Crippen molar-refractivity contribution in [3.05, 3.63) is 24.8 Å². The summed E-state index contributed by atoms with van der Waals surface area (Å²) in [5.41, 5.74) is 1.00. The van der Waals surface area contributed by atoms with Crippen molar-refractivity contribution in [2.24, 2.45) is 10.8 Å². The van der Waals surface area contributed by atoms with Gasteiger partial charge in [0, 0.05) is 24.8 Å². The molecule has 0 radical (unpaired) electrons. The molecule has 1 aromatic rings. The minimum atomic E-state index is 0.500. The SMILES string of the molecule is CC(C)(C)C.CC(C)(C)C.c1cnccn1. The van der Waals surface area contributed by atoms with Crippen molar-refractivity contribution in [3.8, 4) is 0 Å². The summed E-state index contributed by atoms with van der Waals surface area (Å²) in [7, 11) is 0. The molecular formula is C14H28N2. The minimum absolute atomic E-state index is 0.500. The van der Waals surface area contributed by atoms with Gasteiger partial charge in [-0.15, -0.1) is 0 Å². The number of hydrogen-bond acceptors (Lipinski definition) is 2. The molecule has 0 spiro atoms. The highest BCUT2D eigenvalue weighted by Crippen LogP contribution is 2.08. The highest BCUT2D eigenvalue weighted by atomic mass is 14.7. The second-order valence-electron chi connectivity index (χ2n) is 6.89. The Bertz CT molecular complexity index is 178. The summed E-state index contributed by atoms with van der Waals surface area (Å²) >= 11 is 0. The average molecular weight is 224 g/mol. The molecule has 0 unspecified atom stereocenters. The van der Waals surface area contributed by atoms with Crippen molar-refractivity contribution in [2.45, 2.75) is 55.4 Å². The van der Waals surface area contributed by atoms with E-state index in [-0.39, 0.29) is 0 Å². The maximum Gasteiger partial charge on any atom is 0.0451 e. The van der Waals surface area contributed by atoms with E-state index in [0.717, 1.165) is 0 Å². The standard InChI is InChI=1S/2C5H12.C4H4N2/c2*1-5(2,3)4;1-2-6-4-3-5-1/h2*1-4H3;1-4H. The largest absolute Gasteiger partial charge is 0.262 e. The molecule has 0 bridgehead atoms. The monoisotopic (exact) mass is 224 g/mol. The minimum Gasteiger partial charge on any atom is -0.262 e. The first kappa shape index (κ1) is 17.5. The third-order valence-electron chi connectivity index (χ3n) is 0.478. The molecule has 0 saturated carbocycles. The van der Waals surface area contributed by atoms with Crippen LogP contribution < -0.4 is 0 Å². The van der Waals surface area contributed by atoms with Crippen LogP contribution in [0.4, 0.5) is 0 Å². The quantitative estimate of drug-likeness (QED) is 0.644. The number of nitrogens with zero attached hydrogens (tertiary/aromatic N) is 2. The molecule has 2 heteroatoms. The molecule has 0 N–H and O–H groups in total. The summed E-state index contributed by atoms with van der Waals surface area (Å²) in [6, 6.07) is 0. The Balaban J connectivity index is 0. The smallest absolute Gasteiger partial charge is 0.0451 e. The Hall–Kier alpha value is -0.920. The van der Waals surface area contributed by atoms with Gasteiger partial charge in [0.15, 0.2) is 0 Å². The fourth-order valence-electron chi connectivity index (χ4n) is 0.253. The Labute approximate surface area is 102 Å². The molecule has 1 aromatic heterocycles. The van der Waals surface area contributed by atoms with Crippen molar-refractivity contribution >= 4 is 0 Å². The predicted octanol–water partition coefficient (Wildman–Crippen LogP) is 4.58. The molecule has 1 rings (SSSR count). The molecular weight excluding hydrogens is 196 g/mol. The first-order valence-corrected chi connectivity index (χ1v) is 5.70. The van der Waals surface area contributed by atoms with Gasteiger partial charge in [0.05, 0.1) is 0 Å². The highest BCUT2D eigenvalue weighted by molar-refractivity contribution is 4.70. The van der Waals surface area contributed by atoms with Crippen LogP contribution in [0.2, 0.25) is 0 Å². The third kappa shape index (κ3) is 74.0. The van der Waals surface area contributed by atoms with Crippen molar-refractivity contribution in [1.29, 1.82) is 0 Å². The van der Waals surface area contributed by atoms with Crippen molar-refractivity contribution < 1.29 is 0 Å². The van der Waals surface area contributed by atoms with Gasteiger partial charge in [0.1, 0.15) is 0 Å². The molecule has 94 valence electrons. The Kier molecular flexibility index (Phi) is 9.02. The first-order chi connectivity index (χ1) is 7.00. The van der Waals surface area contributed by atoms with Crippen molar-refractivity contribution in [3.63, 3.8) is 0 Å². The highest BCUT2D eigenvalue weighted by Gasteiger charge is 1.96. The maximum absolute atomic E-state index is 3.72. The van der Waals surface area contributed by atoms with Crippen LogP contribution in [0, 0.1) is 10.8 Å². The molecule has 2 nitrogen and oxygen atoms in total. The summed E-state index contributed by atoms with van der Waals surface area (Å²) < 4.78 is 0. The Morgan fingerprint density at radius 3 is 0.688 bits per heavy atom. The summed E-state index contributed by atoms with van der Waals surface area (Å²) in [5.74, 6) is 0. The van der Waals surface area contributed by atoms with E-state index in [4.69, 9.17) is 0 Å². The van der Waals surface area contributed by atoms with Gasteiger partial charge in [-0.1, -0.05) is 55.4 Å². The van der Waals surface area contributed by atoms with Crippen molar-refractivity contribution in [2.75, 3.05) is 0 Å². The molecule has 1 heterocycles. The summed E-state index contributed by atoms with van der Waals surface area (Å²) in [5, 5.41) is 0. The zero-order valence-electron chi connectivity index (χ0n) is 12.2. The molecule has 0 aliphatic heterocycles. The fraction of sp³-hybridized carbons (Fsp3) is 0.714. The van der Waals surface area contributed by atoms with E-state index in [9.17, 15) is 0 Å². The summed E-state index contributed by atoms with van der Waals surface area (Å²) in [6.07, 6.45) is 6.56. The van der Waals surface area contributed by atoms with E-state index in [1.165, 1.54) is 0 Å². The normalized spacial score (nSPS) is 10.5. The zero-order valence-corrected chi connectivity index (χ0v) is 12.2. The van der Waals surface area contributed by atoms with Gasteiger partial charge in [0.25, 0.3) is 0 Å². The topological polar surface area (TPSA) is 25.8 Å². The van der Waals surface area contributed by atoms with Crippen LogP contribution in [-0.2, 0) is 0 Å². The Morgan fingerprint density at radius 2 is 0.625 bits per heavy atom. The van der Waals surface area contributed by atoms with Gasteiger partial charge in [-0.3, -0.25) is 9.97 Å². The molecule has 0 amide bonds. The van der Waals surface area contributed by atoms with Gasteiger partial charge < -0.3 is 0 Å². The van der Waals surface area contributed by atoms with Gasteiger partial charge in [-0.2, -0.15) is 0 Å². The van der Waals surface area contributed by atoms with E-state index in [2.05, 4.69) is 65.4 Å². The first-order valence-electron chi connectivity index (χ1n) is 5.70. The van der Waals surface area contributed by atoms with Crippen LogP contribution in [0.15, 0.2) is 24.8 Å². The average Bonchev–Trinajstić information content (AvgIpc) is 2.01.